The maximum Gasteiger partial charge on any atom is 0.322 e. The summed E-state index contributed by atoms with van der Waals surface area (Å²) in [5, 5.41) is 1.36. The van der Waals surface area contributed by atoms with Gasteiger partial charge in [0.25, 0.3) is 0 Å². The minimum Gasteiger partial charge on any atom is -0.369 e. The van der Waals surface area contributed by atoms with Crippen molar-refractivity contribution in [2.24, 2.45) is 0 Å². The molecule has 0 radical (unpaired) electrons. The van der Waals surface area contributed by atoms with Gasteiger partial charge in [-0.15, -0.1) is 5.06 Å². The van der Waals surface area contributed by atoms with Crippen LogP contribution in [-0.4, -0.2) is 49.0 Å². The Morgan fingerprint density at radius 3 is 2.29 bits per heavy atom. The highest BCUT2D eigenvalue weighted by Gasteiger charge is 2.09. The standard InChI is InChI=1S/C9H18N2O3/c1-5-10(3)9(13)6-7-11(4)14-8(2)12/h5-7H2,1-4H3. The first-order valence-corrected chi connectivity index (χ1v) is 4.61. The van der Waals surface area contributed by atoms with E-state index >= 15 is 0 Å². The number of carbonyl (C=O) groups excluding carboxylic acids is 2. The second-order valence-corrected chi connectivity index (χ2v) is 3.09. The molecule has 0 aromatic heterocycles. The van der Waals surface area contributed by atoms with E-state index in [-0.39, 0.29) is 11.9 Å². The molecule has 0 aliphatic heterocycles. The zero-order valence-electron chi connectivity index (χ0n) is 9.24. The van der Waals surface area contributed by atoms with Crippen molar-refractivity contribution in [3.63, 3.8) is 0 Å². The first-order chi connectivity index (χ1) is 6.47. The molecule has 5 heteroatoms. The minimum absolute atomic E-state index is 0.0477. The van der Waals surface area contributed by atoms with Crippen molar-refractivity contribution in [1.29, 1.82) is 0 Å². The molecule has 0 saturated carbocycles. The van der Waals surface area contributed by atoms with E-state index < -0.39 is 0 Å². The van der Waals surface area contributed by atoms with Gasteiger partial charge in [-0.1, -0.05) is 0 Å². The van der Waals surface area contributed by atoms with E-state index in [9.17, 15) is 9.59 Å². The van der Waals surface area contributed by atoms with Crippen LogP contribution in [0.3, 0.4) is 0 Å². The Bertz CT molecular complexity index is 206. The van der Waals surface area contributed by atoms with Gasteiger partial charge in [0.05, 0.1) is 0 Å². The fraction of sp³-hybridized carbons (Fsp3) is 0.778. The van der Waals surface area contributed by atoms with Crippen molar-refractivity contribution < 1.29 is 14.4 Å². The maximum absolute atomic E-state index is 11.3. The van der Waals surface area contributed by atoms with Crippen molar-refractivity contribution in [2.45, 2.75) is 20.3 Å². The normalized spacial score (nSPS) is 10.1. The molecule has 0 N–H and O–H groups in total. The Morgan fingerprint density at radius 1 is 1.29 bits per heavy atom. The van der Waals surface area contributed by atoms with Crippen LogP contribution < -0.4 is 0 Å². The summed E-state index contributed by atoms with van der Waals surface area (Å²) in [4.78, 5) is 28.2. The Hall–Kier alpha value is -1.10. The van der Waals surface area contributed by atoms with E-state index in [2.05, 4.69) is 0 Å². The van der Waals surface area contributed by atoms with Gasteiger partial charge in [0.1, 0.15) is 0 Å². The third kappa shape index (κ3) is 5.53. The lowest BCUT2D eigenvalue weighted by Crippen LogP contribution is -2.31. The fourth-order valence-corrected chi connectivity index (χ4v) is 0.885. The monoisotopic (exact) mass is 202 g/mol. The molecule has 82 valence electrons. The lowest BCUT2D eigenvalue weighted by molar-refractivity contribution is -0.182. The van der Waals surface area contributed by atoms with Crippen LogP contribution in [-0.2, 0) is 14.4 Å². The number of amides is 1. The molecule has 0 bridgehead atoms. The Morgan fingerprint density at radius 2 is 1.86 bits per heavy atom. The lowest BCUT2D eigenvalue weighted by atomic mass is 10.3. The predicted molar refractivity (Wildman–Crippen MR) is 52.3 cm³/mol. The molecule has 1 amide bonds. The van der Waals surface area contributed by atoms with Crippen LogP contribution in [0.2, 0.25) is 0 Å². The molecule has 0 spiro atoms. The van der Waals surface area contributed by atoms with Gasteiger partial charge in [0.2, 0.25) is 5.91 Å². The predicted octanol–water partition coefficient (Wildman–Crippen LogP) is 0.265. The summed E-state index contributed by atoms with van der Waals surface area (Å²) >= 11 is 0. The molecule has 0 saturated heterocycles. The number of hydrogen-bond donors (Lipinski definition) is 0. The maximum atomic E-state index is 11.3. The second kappa shape index (κ2) is 6.37. The largest absolute Gasteiger partial charge is 0.369 e. The highest BCUT2D eigenvalue weighted by atomic mass is 16.7. The number of hydrogen-bond acceptors (Lipinski definition) is 4. The Labute approximate surface area is 84.6 Å². The van der Waals surface area contributed by atoms with Crippen LogP contribution >= 0.6 is 0 Å². The summed E-state index contributed by atoms with van der Waals surface area (Å²) in [5.41, 5.74) is 0. The highest BCUT2D eigenvalue weighted by Crippen LogP contribution is 1.94. The molecule has 0 unspecified atom stereocenters. The molecule has 0 heterocycles. The minimum atomic E-state index is -0.371. The van der Waals surface area contributed by atoms with Crippen molar-refractivity contribution in [1.82, 2.24) is 9.96 Å². The van der Waals surface area contributed by atoms with Gasteiger partial charge >= 0.3 is 5.97 Å². The third-order valence-corrected chi connectivity index (χ3v) is 1.83. The van der Waals surface area contributed by atoms with Gasteiger partial charge in [-0.2, -0.15) is 0 Å². The summed E-state index contributed by atoms with van der Waals surface area (Å²) in [5.74, 6) is -0.324. The van der Waals surface area contributed by atoms with Crippen LogP contribution in [0.15, 0.2) is 0 Å². The van der Waals surface area contributed by atoms with E-state index in [1.54, 1.807) is 19.0 Å². The summed E-state index contributed by atoms with van der Waals surface area (Å²) in [6.45, 7) is 4.35. The summed E-state index contributed by atoms with van der Waals surface area (Å²) < 4.78 is 0. The van der Waals surface area contributed by atoms with E-state index in [1.807, 2.05) is 6.92 Å². The first kappa shape index (κ1) is 12.9. The molecule has 0 aromatic rings. The van der Waals surface area contributed by atoms with E-state index in [1.165, 1.54) is 12.0 Å². The second-order valence-electron chi connectivity index (χ2n) is 3.09. The fourth-order valence-electron chi connectivity index (χ4n) is 0.885. The quantitative estimate of drug-likeness (QED) is 0.600. The highest BCUT2D eigenvalue weighted by molar-refractivity contribution is 5.76. The van der Waals surface area contributed by atoms with Crippen LogP contribution in [0.4, 0.5) is 0 Å². The SMILES string of the molecule is CCN(C)C(=O)CCN(C)OC(C)=O. The number of hydroxylamine groups is 2. The van der Waals surface area contributed by atoms with Gasteiger partial charge in [0.15, 0.2) is 0 Å². The Balaban J connectivity index is 3.71. The summed E-state index contributed by atoms with van der Waals surface area (Å²) in [6.07, 6.45) is 0.355. The summed E-state index contributed by atoms with van der Waals surface area (Å²) in [7, 11) is 3.37. The van der Waals surface area contributed by atoms with Crippen molar-refractivity contribution in [3.8, 4) is 0 Å². The Kier molecular flexibility index (Phi) is 5.87. The topological polar surface area (TPSA) is 49.9 Å². The molecule has 0 aliphatic rings. The van der Waals surface area contributed by atoms with Crippen LogP contribution in [0.1, 0.15) is 20.3 Å². The zero-order valence-corrected chi connectivity index (χ0v) is 9.24. The zero-order chi connectivity index (χ0) is 11.1. The van der Waals surface area contributed by atoms with Crippen molar-refractivity contribution in [2.75, 3.05) is 27.2 Å². The van der Waals surface area contributed by atoms with Crippen molar-refractivity contribution in [3.05, 3.63) is 0 Å². The van der Waals surface area contributed by atoms with Crippen LogP contribution in [0.25, 0.3) is 0 Å². The van der Waals surface area contributed by atoms with Gasteiger partial charge in [0, 0.05) is 40.5 Å². The molecular weight excluding hydrogens is 184 g/mol. The smallest absolute Gasteiger partial charge is 0.322 e. The van der Waals surface area contributed by atoms with Crippen LogP contribution in [0.5, 0.6) is 0 Å². The molecular formula is C9H18N2O3. The molecule has 14 heavy (non-hydrogen) atoms. The van der Waals surface area contributed by atoms with Crippen molar-refractivity contribution >= 4 is 11.9 Å². The molecule has 0 atom stereocenters. The summed E-state index contributed by atoms with van der Waals surface area (Å²) in [6, 6.07) is 0. The number of rotatable bonds is 5. The molecule has 0 fully saturated rings. The lowest BCUT2D eigenvalue weighted by Gasteiger charge is -2.17. The molecule has 0 aliphatic carbocycles. The third-order valence-electron chi connectivity index (χ3n) is 1.83. The first-order valence-electron chi connectivity index (χ1n) is 4.61. The molecule has 0 aromatic carbocycles. The number of carbonyl (C=O) groups is 2. The molecule has 0 rings (SSSR count). The van der Waals surface area contributed by atoms with E-state index in [0.717, 1.165) is 0 Å². The average molecular weight is 202 g/mol. The van der Waals surface area contributed by atoms with E-state index in [0.29, 0.717) is 19.5 Å². The average Bonchev–Trinajstić information content (AvgIpc) is 2.11. The molecule has 5 nitrogen and oxygen atoms in total. The number of nitrogens with zero attached hydrogens (tertiary/aromatic N) is 2. The van der Waals surface area contributed by atoms with Gasteiger partial charge < -0.3 is 9.74 Å². The van der Waals surface area contributed by atoms with Crippen LogP contribution in [0, 0.1) is 0 Å². The van der Waals surface area contributed by atoms with Gasteiger partial charge in [-0.05, 0) is 6.92 Å². The van der Waals surface area contributed by atoms with Gasteiger partial charge in [-0.3, -0.25) is 9.59 Å². The van der Waals surface area contributed by atoms with E-state index in [4.69, 9.17) is 4.84 Å². The van der Waals surface area contributed by atoms with Gasteiger partial charge in [-0.25, -0.2) is 0 Å².